The largest absolute Gasteiger partial charge is 0.462 e. The van der Waals surface area contributed by atoms with Gasteiger partial charge in [0.05, 0.1) is 22.9 Å². The molecule has 0 saturated heterocycles. The first-order valence-corrected chi connectivity index (χ1v) is 15.1. The third kappa shape index (κ3) is 5.65. The summed E-state index contributed by atoms with van der Waals surface area (Å²) in [7, 11) is -6.15. The molecule has 200 valence electrons. The van der Waals surface area contributed by atoms with Crippen LogP contribution in [0.2, 0.25) is 0 Å². The van der Waals surface area contributed by atoms with Crippen molar-refractivity contribution < 1.29 is 30.9 Å². The molecule has 3 aromatic rings. The molecule has 12 heteroatoms. The number of nitrogens with zero attached hydrogens (tertiary/aromatic N) is 3. The van der Waals surface area contributed by atoms with Crippen LogP contribution in [0.3, 0.4) is 0 Å². The summed E-state index contributed by atoms with van der Waals surface area (Å²) < 4.78 is 65.0. The molecule has 1 saturated carbocycles. The Hall–Kier alpha value is -2.96. The molecule has 1 aliphatic carbocycles. The number of hydrogen-bond donors (Lipinski definition) is 1. The molecule has 0 amide bonds. The summed E-state index contributed by atoms with van der Waals surface area (Å²) in [6.45, 7) is 3.75. The molecule has 2 aromatic heterocycles. The van der Waals surface area contributed by atoms with E-state index in [0.717, 1.165) is 9.54 Å². The summed E-state index contributed by atoms with van der Waals surface area (Å²) in [6.07, 6.45) is 5.26. The van der Waals surface area contributed by atoms with Crippen molar-refractivity contribution in [2.24, 2.45) is 5.92 Å². The first-order valence-electron chi connectivity index (χ1n) is 12.1. The lowest BCUT2D eigenvalue weighted by Gasteiger charge is -2.36. The van der Waals surface area contributed by atoms with Crippen molar-refractivity contribution in [3.05, 3.63) is 53.9 Å². The first-order chi connectivity index (χ1) is 17.4. The van der Waals surface area contributed by atoms with Gasteiger partial charge in [-0.25, -0.2) is 22.2 Å². The molecule has 1 aromatic carbocycles. The number of fused-ring (bicyclic) bond motifs is 1. The zero-order valence-electron chi connectivity index (χ0n) is 21.0. The van der Waals surface area contributed by atoms with E-state index in [1.807, 2.05) is 18.9 Å². The number of carbonyl (C=O) groups excluding carboxylic acids is 1. The Balaban J connectivity index is 1.75. The number of rotatable bonds is 8. The lowest BCUT2D eigenvalue weighted by molar-refractivity contribution is 0.0526. The number of pyridine rings is 1. The topological polar surface area (TPSA) is 136 Å². The number of carbonyl (C=O) groups is 1. The number of esters is 1. The SMILES string of the molecule is CCOC(=O)c1cnc2c(ccn2S(=O)(=O)c2ccc(C)cc2)c1N(C)[C@H]1CC[C@H](CS(=O)(=O)O)CC1. The smallest absolute Gasteiger partial charge is 0.341 e. The molecule has 1 aliphatic rings. The van der Waals surface area contributed by atoms with Gasteiger partial charge < -0.3 is 9.64 Å². The Kier molecular flexibility index (Phi) is 7.63. The predicted octanol–water partition coefficient (Wildman–Crippen LogP) is 3.64. The Morgan fingerprint density at radius 3 is 2.35 bits per heavy atom. The quantitative estimate of drug-likeness (QED) is 0.330. The van der Waals surface area contributed by atoms with Gasteiger partial charge >= 0.3 is 5.97 Å². The summed E-state index contributed by atoms with van der Waals surface area (Å²) in [4.78, 5) is 19.3. The second-order valence-corrected chi connectivity index (χ2v) is 12.8. The highest BCUT2D eigenvalue weighted by Crippen LogP contribution is 2.37. The van der Waals surface area contributed by atoms with Gasteiger partial charge in [0.2, 0.25) is 0 Å². The van der Waals surface area contributed by atoms with Gasteiger partial charge in [0.25, 0.3) is 20.1 Å². The van der Waals surface area contributed by atoms with E-state index in [0.29, 0.717) is 36.8 Å². The van der Waals surface area contributed by atoms with Gasteiger partial charge in [0.15, 0.2) is 5.65 Å². The molecule has 2 heterocycles. The summed E-state index contributed by atoms with van der Waals surface area (Å²) in [6, 6.07) is 8.13. The molecule has 0 atom stereocenters. The molecule has 10 nitrogen and oxygen atoms in total. The second kappa shape index (κ2) is 10.4. The first kappa shape index (κ1) is 27.1. The molecule has 0 radical (unpaired) electrons. The number of aromatic nitrogens is 2. The highest BCUT2D eigenvalue weighted by Gasteiger charge is 2.31. The van der Waals surface area contributed by atoms with Crippen LogP contribution in [0, 0.1) is 12.8 Å². The fraction of sp³-hybridized carbons (Fsp3) is 0.440. The molecule has 0 spiro atoms. The van der Waals surface area contributed by atoms with Crippen molar-refractivity contribution in [2.45, 2.75) is 50.5 Å². The van der Waals surface area contributed by atoms with Crippen LogP contribution in [0.25, 0.3) is 11.0 Å². The molecular formula is C25H31N3O7S2. The number of hydrogen-bond acceptors (Lipinski definition) is 8. The summed E-state index contributed by atoms with van der Waals surface area (Å²) in [5, 5.41) is 0.490. The minimum Gasteiger partial charge on any atom is -0.462 e. The number of aryl methyl sites for hydroxylation is 1. The lowest BCUT2D eigenvalue weighted by atomic mass is 9.86. The predicted molar refractivity (Wildman–Crippen MR) is 140 cm³/mol. The lowest BCUT2D eigenvalue weighted by Crippen LogP contribution is -2.37. The normalized spacial score (nSPS) is 18.6. The summed E-state index contributed by atoms with van der Waals surface area (Å²) >= 11 is 0. The van der Waals surface area contributed by atoms with Crippen molar-refractivity contribution in [1.29, 1.82) is 0 Å². The molecule has 0 aliphatic heterocycles. The second-order valence-electron chi connectivity index (χ2n) is 9.44. The Bertz CT molecular complexity index is 1510. The van der Waals surface area contributed by atoms with E-state index >= 15 is 0 Å². The van der Waals surface area contributed by atoms with E-state index in [4.69, 9.17) is 4.74 Å². The summed E-state index contributed by atoms with van der Waals surface area (Å²) in [5.41, 5.74) is 1.86. The maximum atomic E-state index is 13.4. The van der Waals surface area contributed by atoms with Crippen molar-refractivity contribution in [3.8, 4) is 0 Å². The number of benzene rings is 1. The van der Waals surface area contributed by atoms with Gasteiger partial charge in [-0.05, 0) is 63.6 Å². The fourth-order valence-electron chi connectivity index (χ4n) is 4.98. The van der Waals surface area contributed by atoms with Gasteiger partial charge in [0.1, 0.15) is 5.56 Å². The Morgan fingerprint density at radius 2 is 1.76 bits per heavy atom. The standard InChI is InChI=1S/C25H31N3O7S2/c1-4-35-25(29)22-15-26-24-21(13-14-28(24)37(33,34)20-11-5-17(2)6-12-20)23(22)27(3)19-9-7-18(8-10-19)16-36(30,31)32/h5-6,11-15,18-19H,4,7-10,16H2,1-3H3,(H,30,31,32)/t18-,19-. The van der Waals surface area contributed by atoms with Crippen LogP contribution in [-0.2, 0) is 24.9 Å². The highest BCUT2D eigenvalue weighted by molar-refractivity contribution is 7.90. The Labute approximate surface area is 217 Å². The highest BCUT2D eigenvalue weighted by atomic mass is 32.2. The fourth-order valence-corrected chi connectivity index (χ4v) is 7.21. The van der Waals surface area contributed by atoms with Crippen LogP contribution in [0.4, 0.5) is 5.69 Å². The molecule has 1 N–H and O–H groups in total. The zero-order chi connectivity index (χ0) is 27.0. The van der Waals surface area contributed by atoms with Crippen LogP contribution in [0.15, 0.2) is 47.6 Å². The van der Waals surface area contributed by atoms with E-state index in [1.54, 1.807) is 37.3 Å². The third-order valence-corrected chi connectivity index (χ3v) is 9.46. The Morgan fingerprint density at radius 1 is 1.11 bits per heavy atom. The van der Waals surface area contributed by atoms with Crippen LogP contribution >= 0.6 is 0 Å². The molecule has 37 heavy (non-hydrogen) atoms. The monoisotopic (exact) mass is 549 g/mol. The van der Waals surface area contributed by atoms with Crippen LogP contribution in [0.5, 0.6) is 0 Å². The minimum atomic E-state index is -4.05. The van der Waals surface area contributed by atoms with E-state index in [-0.39, 0.29) is 40.4 Å². The minimum absolute atomic E-state index is 0.0338. The maximum Gasteiger partial charge on any atom is 0.341 e. The van der Waals surface area contributed by atoms with Crippen molar-refractivity contribution >= 4 is 42.8 Å². The number of ether oxygens (including phenoxy) is 1. The maximum absolute atomic E-state index is 13.4. The van der Waals surface area contributed by atoms with Crippen molar-refractivity contribution in [1.82, 2.24) is 8.96 Å². The van der Waals surface area contributed by atoms with Crippen LogP contribution < -0.4 is 4.90 Å². The van der Waals surface area contributed by atoms with Crippen molar-refractivity contribution in [3.63, 3.8) is 0 Å². The van der Waals surface area contributed by atoms with E-state index in [9.17, 15) is 26.2 Å². The van der Waals surface area contributed by atoms with Crippen LogP contribution in [-0.4, -0.2) is 61.8 Å². The van der Waals surface area contributed by atoms with Gasteiger partial charge in [0, 0.05) is 30.9 Å². The van der Waals surface area contributed by atoms with Gasteiger partial charge in [-0.15, -0.1) is 0 Å². The van der Waals surface area contributed by atoms with E-state index in [2.05, 4.69) is 4.98 Å². The molecule has 4 rings (SSSR count). The van der Waals surface area contributed by atoms with Gasteiger partial charge in [-0.3, -0.25) is 4.55 Å². The number of anilines is 1. The molecular weight excluding hydrogens is 518 g/mol. The van der Waals surface area contributed by atoms with E-state index < -0.39 is 26.1 Å². The average molecular weight is 550 g/mol. The summed E-state index contributed by atoms with van der Waals surface area (Å²) in [5.74, 6) is -0.966. The average Bonchev–Trinajstić information content (AvgIpc) is 3.28. The zero-order valence-corrected chi connectivity index (χ0v) is 22.6. The van der Waals surface area contributed by atoms with E-state index in [1.165, 1.54) is 12.4 Å². The van der Waals surface area contributed by atoms with Crippen molar-refractivity contribution in [2.75, 3.05) is 24.3 Å². The molecule has 1 fully saturated rings. The van der Waals surface area contributed by atoms with Gasteiger partial charge in [-0.1, -0.05) is 17.7 Å². The molecule has 0 unspecified atom stereocenters. The van der Waals surface area contributed by atoms with Gasteiger partial charge in [-0.2, -0.15) is 8.42 Å². The molecule has 0 bridgehead atoms. The van der Waals surface area contributed by atoms with Crippen LogP contribution in [0.1, 0.15) is 48.5 Å². The third-order valence-electron chi connectivity index (χ3n) is 6.89.